The Morgan fingerprint density at radius 1 is 1.19 bits per heavy atom. The minimum atomic E-state index is -0.436. The molecule has 26 heavy (non-hydrogen) atoms. The van der Waals surface area contributed by atoms with Gasteiger partial charge in [0, 0.05) is 23.7 Å². The molecule has 0 aliphatic heterocycles. The molecular formula is C18H16ClN3O2S2. The van der Waals surface area contributed by atoms with Crippen molar-refractivity contribution in [2.24, 2.45) is 5.73 Å². The third kappa shape index (κ3) is 4.75. The third-order valence-corrected chi connectivity index (χ3v) is 6.00. The molecule has 3 rings (SSSR count). The van der Waals surface area contributed by atoms with Gasteiger partial charge in [-0.3, -0.25) is 9.59 Å². The molecule has 0 aliphatic rings. The molecule has 5 nitrogen and oxygen atoms in total. The van der Waals surface area contributed by atoms with Crippen molar-refractivity contribution in [1.29, 1.82) is 0 Å². The lowest BCUT2D eigenvalue weighted by Gasteiger charge is -2.22. The van der Waals surface area contributed by atoms with Gasteiger partial charge in [0.2, 0.25) is 11.8 Å². The highest BCUT2D eigenvalue weighted by Crippen LogP contribution is 2.31. The summed E-state index contributed by atoms with van der Waals surface area (Å²) in [5, 5.41) is 0.636. The number of aromatic nitrogens is 1. The van der Waals surface area contributed by atoms with Crippen LogP contribution in [-0.4, -0.2) is 29.1 Å². The molecule has 8 heteroatoms. The summed E-state index contributed by atoms with van der Waals surface area (Å²) < 4.78 is 1.83. The van der Waals surface area contributed by atoms with Crippen molar-refractivity contribution in [2.45, 2.75) is 10.8 Å². The lowest BCUT2D eigenvalue weighted by molar-refractivity contribution is -0.118. The van der Waals surface area contributed by atoms with Crippen LogP contribution < -0.4 is 10.6 Å². The Labute approximate surface area is 164 Å². The van der Waals surface area contributed by atoms with Crippen LogP contribution in [0.4, 0.5) is 5.69 Å². The second-order valence-electron chi connectivity index (χ2n) is 5.48. The Kier molecular flexibility index (Phi) is 6.13. The summed E-state index contributed by atoms with van der Waals surface area (Å²) in [5.41, 5.74) is 6.81. The Balaban J connectivity index is 1.70. The van der Waals surface area contributed by atoms with Gasteiger partial charge in [0.05, 0.1) is 16.0 Å². The molecule has 2 aromatic carbocycles. The molecule has 0 radical (unpaired) electrons. The third-order valence-electron chi connectivity index (χ3n) is 3.60. The van der Waals surface area contributed by atoms with E-state index in [2.05, 4.69) is 4.98 Å². The van der Waals surface area contributed by atoms with Gasteiger partial charge in [-0.2, -0.15) is 0 Å². The largest absolute Gasteiger partial charge is 0.370 e. The average Bonchev–Trinajstić information content (AvgIpc) is 3.02. The molecule has 0 aliphatic carbocycles. The van der Waals surface area contributed by atoms with Crippen molar-refractivity contribution in [2.75, 3.05) is 17.2 Å². The fourth-order valence-corrected chi connectivity index (χ4v) is 4.46. The van der Waals surface area contributed by atoms with Crippen molar-refractivity contribution in [3.63, 3.8) is 0 Å². The van der Waals surface area contributed by atoms with Crippen molar-refractivity contribution < 1.29 is 9.59 Å². The molecule has 1 heterocycles. The van der Waals surface area contributed by atoms with Gasteiger partial charge in [-0.25, -0.2) is 4.98 Å². The van der Waals surface area contributed by atoms with Crippen LogP contribution in [0.3, 0.4) is 0 Å². The van der Waals surface area contributed by atoms with E-state index in [-0.39, 0.29) is 24.6 Å². The SMILES string of the molecule is NC(=O)CCN(C(=O)CSc1nc2cc(Cl)ccc2s1)c1ccccc1. The van der Waals surface area contributed by atoms with E-state index in [9.17, 15) is 9.59 Å². The van der Waals surface area contributed by atoms with E-state index >= 15 is 0 Å². The van der Waals surface area contributed by atoms with Gasteiger partial charge in [0.15, 0.2) is 4.34 Å². The molecule has 0 fully saturated rings. The van der Waals surface area contributed by atoms with Crippen molar-refractivity contribution in [3.05, 3.63) is 53.6 Å². The molecule has 0 saturated heterocycles. The van der Waals surface area contributed by atoms with Gasteiger partial charge in [-0.1, -0.05) is 41.6 Å². The lowest BCUT2D eigenvalue weighted by Crippen LogP contribution is -2.35. The molecule has 134 valence electrons. The van der Waals surface area contributed by atoms with E-state index in [1.54, 1.807) is 4.90 Å². The molecule has 0 spiro atoms. The Bertz CT molecular complexity index is 931. The summed E-state index contributed by atoms with van der Waals surface area (Å²) in [6.45, 7) is 0.258. The number of hydrogen-bond acceptors (Lipinski definition) is 5. The van der Waals surface area contributed by atoms with E-state index in [0.717, 1.165) is 20.2 Å². The topological polar surface area (TPSA) is 76.3 Å². The summed E-state index contributed by atoms with van der Waals surface area (Å²) in [6, 6.07) is 14.8. The number of carbonyl (C=O) groups excluding carboxylic acids is 2. The highest BCUT2D eigenvalue weighted by atomic mass is 35.5. The average molecular weight is 406 g/mol. The summed E-state index contributed by atoms with van der Waals surface area (Å²) in [7, 11) is 0. The number of thiazole rings is 1. The zero-order valence-electron chi connectivity index (χ0n) is 13.7. The number of hydrogen-bond donors (Lipinski definition) is 1. The Morgan fingerprint density at radius 3 is 2.69 bits per heavy atom. The van der Waals surface area contributed by atoms with Crippen LogP contribution in [0.2, 0.25) is 5.02 Å². The number of nitrogens with two attached hydrogens (primary N) is 1. The number of anilines is 1. The Morgan fingerprint density at radius 2 is 1.96 bits per heavy atom. The van der Waals surface area contributed by atoms with E-state index < -0.39 is 5.91 Å². The number of para-hydroxylation sites is 1. The van der Waals surface area contributed by atoms with Gasteiger partial charge in [0.1, 0.15) is 0 Å². The lowest BCUT2D eigenvalue weighted by atomic mass is 10.2. The monoisotopic (exact) mass is 405 g/mol. The van der Waals surface area contributed by atoms with Crippen LogP contribution in [-0.2, 0) is 9.59 Å². The number of thioether (sulfide) groups is 1. The van der Waals surface area contributed by atoms with Crippen molar-refractivity contribution in [1.82, 2.24) is 4.98 Å². The number of primary amides is 1. The number of nitrogens with zero attached hydrogens (tertiary/aromatic N) is 2. The minimum absolute atomic E-state index is 0.0975. The maximum atomic E-state index is 12.7. The maximum absolute atomic E-state index is 12.7. The fraction of sp³-hybridized carbons (Fsp3) is 0.167. The van der Waals surface area contributed by atoms with Gasteiger partial charge >= 0.3 is 0 Å². The van der Waals surface area contributed by atoms with Gasteiger partial charge in [-0.15, -0.1) is 11.3 Å². The van der Waals surface area contributed by atoms with Crippen LogP contribution in [0.25, 0.3) is 10.2 Å². The molecule has 3 aromatic rings. The number of amides is 2. The van der Waals surface area contributed by atoms with Crippen LogP contribution in [0, 0.1) is 0 Å². The molecule has 0 bridgehead atoms. The highest BCUT2D eigenvalue weighted by molar-refractivity contribution is 8.01. The first-order valence-electron chi connectivity index (χ1n) is 7.85. The highest BCUT2D eigenvalue weighted by Gasteiger charge is 2.17. The fourth-order valence-electron chi connectivity index (χ4n) is 2.37. The van der Waals surface area contributed by atoms with Crippen LogP contribution in [0.15, 0.2) is 52.9 Å². The Hall–Kier alpha value is -2.09. The quantitative estimate of drug-likeness (QED) is 0.604. The molecular weight excluding hydrogens is 390 g/mol. The molecule has 2 amide bonds. The smallest absolute Gasteiger partial charge is 0.237 e. The summed E-state index contributed by atoms with van der Waals surface area (Å²) in [6.07, 6.45) is 0.116. The van der Waals surface area contributed by atoms with E-state index in [4.69, 9.17) is 17.3 Å². The number of carbonyl (C=O) groups is 2. The first-order chi connectivity index (χ1) is 12.5. The molecule has 0 saturated carbocycles. The number of benzene rings is 2. The molecule has 2 N–H and O–H groups in total. The number of halogens is 1. The molecule has 1 aromatic heterocycles. The number of rotatable bonds is 7. The normalized spacial score (nSPS) is 10.8. The molecule has 0 atom stereocenters. The van der Waals surface area contributed by atoms with Crippen LogP contribution in [0.5, 0.6) is 0 Å². The van der Waals surface area contributed by atoms with E-state index in [0.29, 0.717) is 5.02 Å². The first kappa shape index (κ1) is 18.7. The van der Waals surface area contributed by atoms with Crippen molar-refractivity contribution >= 4 is 62.4 Å². The minimum Gasteiger partial charge on any atom is -0.370 e. The zero-order valence-corrected chi connectivity index (χ0v) is 16.1. The van der Waals surface area contributed by atoms with Crippen LogP contribution in [0.1, 0.15) is 6.42 Å². The summed E-state index contributed by atoms with van der Waals surface area (Å²) in [5.74, 6) is -0.310. The second-order valence-corrected chi connectivity index (χ2v) is 8.17. The molecule has 0 unspecified atom stereocenters. The first-order valence-corrected chi connectivity index (χ1v) is 10.0. The van der Waals surface area contributed by atoms with Gasteiger partial charge in [-0.05, 0) is 30.3 Å². The van der Waals surface area contributed by atoms with Crippen molar-refractivity contribution in [3.8, 4) is 0 Å². The van der Waals surface area contributed by atoms with E-state index in [1.807, 2.05) is 48.5 Å². The predicted molar refractivity (Wildman–Crippen MR) is 108 cm³/mol. The van der Waals surface area contributed by atoms with E-state index in [1.165, 1.54) is 23.1 Å². The summed E-state index contributed by atoms with van der Waals surface area (Å²) >= 11 is 8.88. The van der Waals surface area contributed by atoms with Crippen LogP contribution >= 0.6 is 34.7 Å². The maximum Gasteiger partial charge on any atom is 0.237 e. The zero-order chi connectivity index (χ0) is 18.5. The second kappa shape index (κ2) is 8.53. The number of fused-ring (bicyclic) bond motifs is 1. The van der Waals surface area contributed by atoms with Gasteiger partial charge < -0.3 is 10.6 Å². The summed E-state index contributed by atoms with van der Waals surface area (Å²) in [4.78, 5) is 29.9. The standard InChI is InChI=1S/C18H16ClN3O2S2/c19-12-6-7-15-14(10-12)21-18(26-15)25-11-17(24)22(9-8-16(20)23)13-4-2-1-3-5-13/h1-7,10H,8-9,11H2,(H2,20,23). The predicted octanol–water partition coefficient (Wildman–Crippen LogP) is 3.95. The van der Waals surface area contributed by atoms with Gasteiger partial charge in [0.25, 0.3) is 0 Å².